The molecule has 0 saturated heterocycles. The van der Waals surface area contributed by atoms with Crippen LogP contribution in [0.3, 0.4) is 0 Å². The summed E-state index contributed by atoms with van der Waals surface area (Å²) in [5, 5.41) is -0.523. The minimum atomic E-state index is -3.16. The maximum atomic E-state index is 12.7. The molecule has 0 bridgehead atoms. The number of aromatic amines is 1. The van der Waals surface area contributed by atoms with Gasteiger partial charge in [-0.05, 0) is 0 Å². The van der Waals surface area contributed by atoms with E-state index in [1.807, 2.05) is 4.98 Å². The SMILES string of the molecule is O=c1[nH]cc(Cl)c(F)c1C(F)F. The summed E-state index contributed by atoms with van der Waals surface area (Å²) in [6, 6.07) is 0. The highest BCUT2D eigenvalue weighted by Crippen LogP contribution is 2.22. The van der Waals surface area contributed by atoms with Crippen LogP contribution in [0.1, 0.15) is 12.0 Å². The zero-order valence-corrected chi connectivity index (χ0v) is 6.33. The maximum Gasteiger partial charge on any atom is 0.272 e. The van der Waals surface area contributed by atoms with E-state index >= 15 is 0 Å². The van der Waals surface area contributed by atoms with E-state index in [-0.39, 0.29) is 0 Å². The predicted molar refractivity (Wildman–Crippen MR) is 37.0 cm³/mol. The molecule has 66 valence electrons. The summed E-state index contributed by atoms with van der Waals surface area (Å²) < 4.78 is 36.6. The maximum absolute atomic E-state index is 12.7. The summed E-state index contributed by atoms with van der Waals surface area (Å²) >= 11 is 5.15. The Morgan fingerprint density at radius 3 is 2.50 bits per heavy atom. The first-order valence-electron chi connectivity index (χ1n) is 2.88. The molecule has 0 atom stereocenters. The zero-order valence-electron chi connectivity index (χ0n) is 5.57. The third-order valence-corrected chi connectivity index (χ3v) is 1.51. The van der Waals surface area contributed by atoms with Crippen LogP contribution in [0.2, 0.25) is 5.02 Å². The van der Waals surface area contributed by atoms with Gasteiger partial charge >= 0.3 is 0 Å². The smallest absolute Gasteiger partial charge is 0.272 e. The Labute approximate surface area is 70.0 Å². The molecule has 0 aliphatic carbocycles. The number of halogens is 4. The molecule has 2 nitrogen and oxygen atoms in total. The molecular formula is C6H3ClF3NO. The van der Waals surface area contributed by atoms with E-state index in [1.54, 1.807) is 0 Å². The quantitative estimate of drug-likeness (QED) is 0.735. The van der Waals surface area contributed by atoms with Crippen LogP contribution in [-0.4, -0.2) is 4.98 Å². The summed E-state index contributed by atoms with van der Waals surface area (Å²) in [6.45, 7) is 0. The van der Waals surface area contributed by atoms with Crippen LogP contribution in [0.25, 0.3) is 0 Å². The van der Waals surface area contributed by atoms with Gasteiger partial charge in [0.05, 0.1) is 5.02 Å². The van der Waals surface area contributed by atoms with Gasteiger partial charge in [0.2, 0.25) is 0 Å². The second-order valence-electron chi connectivity index (χ2n) is 1.99. The van der Waals surface area contributed by atoms with Gasteiger partial charge in [0, 0.05) is 6.20 Å². The number of hydrogen-bond donors (Lipinski definition) is 1. The third kappa shape index (κ3) is 1.45. The highest BCUT2D eigenvalue weighted by atomic mass is 35.5. The minimum Gasteiger partial charge on any atom is -0.327 e. The molecule has 1 aromatic rings. The van der Waals surface area contributed by atoms with Gasteiger partial charge in [-0.25, -0.2) is 13.2 Å². The summed E-state index contributed by atoms with van der Waals surface area (Å²) in [5.41, 5.74) is -2.38. The van der Waals surface area contributed by atoms with Crippen molar-refractivity contribution >= 4 is 11.6 Å². The molecule has 6 heteroatoms. The zero-order chi connectivity index (χ0) is 9.30. The molecule has 1 rings (SSSR count). The van der Waals surface area contributed by atoms with Crippen LogP contribution in [0.4, 0.5) is 13.2 Å². The van der Waals surface area contributed by atoms with E-state index in [4.69, 9.17) is 11.6 Å². The van der Waals surface area contributed by atoms with Gasteiger partial charge in [0.15, 0.2) is 5.82 Å². The van der Waals surface area contributed by atoms with Gasteiger partial charge < -0.3 is 4.98 Å². The lowest BCUT2D eigenvalue weighted by atomic mass is 10.3. The molecule has 0 aromatic carbocycles. The van der Waals surface area contributed by atoms with Crippen LogP contribution < -0.4 is 5.56 Å². The molecule has 0 amide bonds. The molecule has 0 radical (unpaired) electrons. The predicted octanol–water partition coefficient (Wildman–Crippen LogP) is 2.10. The second-order valence-corrected chi connectivity index (χ2v) is 2.40. The molecule has 1 N–H and O–H groups in total. The number of alkyl halides is 2. The molecule has 0 aliphatic rings. The normalized spacial score (nSPS) is 10.8. The van der Waals surface area contributed by atoms with E-state index in [9.17, 15) is 18.0 Å². The fourth-order valence-corrected chi connectivity index (χ4v) is 0.850. The van der Waals surface area contributed by atoms with Gasteiger partial charge in [0.25, 0.3) is 12.0 Å². The first-order valence-corrected chi connectivity index (χ1v) is 3.26. The summed E-state index contributed by atoms with van der Waals surface area (Å²) in [5.74, 6) is -1.37. The Kier molecular flexibility index (Phi) is 2.42. The lowest BCUT2D eigenvalue weighted by Crippen LogP contribution is -2.15. The van der Waals surface area contributed by atoms with Crippen molar-refractivity contribution < 1.29 is 13.2 Å². The number of aromatic nitrogens is 1. The number of rotatable bonds is 1. The third-order valence-electron chi connectivity index (χ3n) is 1.24. The Bertz CT molecular complexity index is 349. The molecule has 1 aromatic heterocycles. The Balaban J connectivity index is 3.43. The fraction of sp³-hybridized carbons (Fsp3) is 0.167. The van der Waals surface area contributed by atoms with Crippen LogP contribution in [0, 0.1) is 5.82 Å². The van der Waals surface area contributed by atoms with E-state index < -0.39 is 28.4 Å². The summed E-state index contributed by atoms with van der Waals surface area (Å²) in [7, 11) is 0. The average Bonchev–Trinajstić information content (AvgIpc) is 1.97. The van der Waals surface area contributed by atoms with Crippen LogP contribution in [-0.2, 0) is 0 Å². The topological polar surface area (TPSA) is 32.9 Å². The first kappa shape index (κ1) is 9.12. The van der Waals surface area contributed by atoms with Gasteiger partial charge in [-0.3, -0.25) is 4.79 Å². The van der Waals surface area contributed by atoms with Gasteiger partial charge in [-0.1, -0.05) is 11.6 Å². The van der Waals surface area contributed by atoms with Gasteiger partial charge in [-0.15, -0.1) is 0 Å². The Hall–Kier alpha value is -0.970. The summed E-state index contributed by atoms with van der Waals surface area (Å²) in [4.78, 5) is 12.5. The summed E-state index contributed by atoms with van der Waals surface area (Å²) in [6.07, 6.45) is -2.34. The largest absolute Gasteiger partial charge is 0.327 e. The average molecular weight is 198 g/mol. The number of hydrogen-bond acceptors (Lipinski definition) is 1. The van der Waals surface area contributed by atoms with Gasteiger partial charge in [-0.2, -0.15) is 0 Å². The van der Waals surface area contributed by atoms with Crippen molar-refractivity contribution in [3.05, 3.63) is 33.0 Å². The van der Waals surface area contributed by atoms with Crippen LogP contribution in [0.5, 0.6) is 0 Å². The Morgan fingerprint density at radius 1 is 1.50 bits per heavy atom. The van der Waals surface area contributed by atoms with E-state index in [0.717, 1.165) is 6.20 Å². The van der Waals surface area contributed by atoms with Crippen molar-refractivity contribution in [1.29, 1.82) is 0 Å². The lowest BCUT2D eigenvalue weighted by Gasteiger charge is -2.00. The monoisotopic (exact) mass is 197 g/mol. The highest BCUT2D eigenvalue weighted by Gasteiger charge is 2.19. The standard InChI is InChI=1S/C6H3ClF3NO/c7-2-1-11-6(12)3(4(2)8)5(9)10/h1,5H,(H,11,12). The van der Waals surface area contributed by atoms with Crippen molar-refractivity contribution in [3.8, 4) is 0 Å². The molecule has 0 unspecified atom stereocenters. The lowest BCUT2D eigenvalue weighted by molar-refractivity contribution is 0.144. The first-order chi connectivity index (χ1) is 5.54. The number of H-pyrrole nitrogens is 1. The number of nitrogens with one attached hydrogen (secondary N) is 1. The molecule has 12 heavy (non-hydrogen) atoms. The molecule has 0 fully saturated rings. The molecule has 1 heterocycles. The molecule has 0 spiro atoms. The molecular weight excluding hydrogens is 195 g/mol. The van der Waals surface area contributed by atoms with Crippen molar-refractivity contribution in [3.63, 3.8) is 0 Å². The highest BCUT2D eigenvalue weighted by molar-refractivity contribution is 6.30. The van der Waals surface area contributed by atoms with E-state index in [1.165, 1.54) is 0 Å². The fourth-order valence-electron chi connectivity index (χ4n) is 0.693. The van der Waals surface area contributed by atoms with Crippen LogP contribution >= 0.6 is 11.6 Å². The van der Waals surface area contributed by atoms with Crippen molar-refractivity contribution in [2.45, 2.75) is 6.43 Å². The van der Waals surface area contributed by atoms with Crippen molar-refractivity contribution in [2.75, 3.05) is 0 Å². The van der Waals surface area contributed by atoms with Crippen LogP contribution in [0.15, 0.2) is 11.0 Å². The van der Waals surface area contributed by atoms with Gasteiger partial charge in [0.1, 0.15) is 5.56 Å². The second kappa shape index (κ2) is 3.18. The van der Waals surface area contributed by atoms with Crippen molar-refractivity contribution in [1.82, 2.24) is 4.98 Å². The van der Waals surface area contributed by atoms with E-state index in [2.05, 4.69) is 0 Å². The minimum absolute atomic E-state index is 0.523. The molecule has 0 aliphatic heterocycles. The molecule has 0 saturated carbocycles. The number of pyridine rings is 1. The van der Waals surface area contributed by atoms with E-state index in [0.29, 0.717) is 0 Å². The van der Waals surface area contributed by atoms with Crippen molar-refractivity contribution in [2.24, 2.45) is 0 Å². The Morgan fingerprint density at radius 2 is 2.08 bits per heavy atom.